The van der Waals surface area contributed by atoms with Crippen molar-refractivity contribution in [2.75, 3.05) is 39.6 Å². The maximum atomic E-state index is 13.0. The molecule has 2 atom stereocenters. The summed E-state index contributed by atoms with van der Waals surface area (Å²) >= 11 is 0. The molecule has 0 aliphatic heterocycles. The van der Waals surface area contributed by atoms with Crippen LogP contribution in [0.5, 0.6) is 11.5 Å². The van der Waals surface area contributed by atoms with E-state index < -0.39 is 12.2 Å². The lowest BCUT2D eigenvalue weighted by atomic mass is 9.97. The minimum Gasteiger partial charge on any atom is -0.488 e. The van der Waals surface area contributed by atoms with Gasteiger partial charge in [0.15, 0.2) is 12.2 Å². The van der Waals surface area contributed by atoms with Crippen LogP contribution in [0.1, 0.15) is 167 Å². The number of fused-ring (bicyclic) bond motifs is 2. The van der Waals surface area contributed by atoms with Crippen LogP contribution in [0, 0.1) is 13.8 Å². The molecule has 0 fully saturated rings. The second-order valence-electron chi connectivity index (χ2n) is 16.2. The summed E-state index contributed by atoms with van der Waals surface area (Å²) in [6.07, 6.45) is 19.2. The molecule has 8 nitrogen and oxygen atoms in total. The van der Waals surface area contributed by atoms with Gasteiger partial charge in [-0.05, 0) is 51.7 Å². The number of esters is 2. The third-order valence-electron chi connectivity index (χ3n) is 10.6. The third kappa shape index (κ3) is 18.7. The minimum absolute atomic E-state index is 0.162. The molecule has 58 heavy (non-hydrogen) atoms. The van der Waals surface area contributed by atoms with Gasteiger partial charge in [-0.15, -0.1) is 0 Å². The molecule has 0 heterocycles. The summed E-state index contributed by atoms with van der Waals surface area (Å²) < 4.78 is 37.6. The molecule has 0 saturated heterocycles. The zero-order chi connectivity index (χ0) is 41.8. The number of unbranched alkanes of at least 4 members (excludes halogenated alkanes) is 14. The van der Waals surface area contributed by atoms with E-state index in [1.807, 2.05) is 0 Å². The topological polar surface area (TPSA) is 89.5 Å². The first-order valence-corrected chi connectivity index (χ1v) is 23.1. The number of rotatable bonds is 34. The molecule has 2 unspecified atom stereocenters. The van der Waals surface area contributed by atoms with Crippen molar-refractivity contribution in [2.24, 2.45) is 0 Å². The predicted octanol–water partition coefficient (Wildman–Crippen LogP) is 13.1. The lowest BCUT2D eigenvalue weighted by molar-refractivity contribution is -0.155. The average molecular weight is 807 g/mol. The van der Waals surface area contributed by atoms with Gasteiger partial charge in [-0.2, -0.15) is 0 Å². The molecule has 0 aliphatic carbocycles. The Kier molecular flexibility index (Phi) is 25.2. The molecule has 8 heteroatoms. The molecular weight excluding hydrogens is 729 g/mol. The Morgan fingerprint density at radius 1 is 0.448 bits per heavy atom. The van der Waals surface area contributed by atoms with Crippen LogP contribution in [0.2, 0.25) is 0 Å². The number of ether oxygens (including phenoxy) is 6. The van der Waals surface area contributed by atoms with Crippen molar-refractivity contribution in [3.05, 3.63) is 47.5 Å². The monoisotopic (exact) mass is 807 g/mol. The van der Waals surface area contributed by atoms with Gasteiger partial charge in [0.05, 0.1) is 13.2 Å². The molecule has 0 radical (unpaired) electrons. The van der Waals surface area contributed by atoms with Crippen molar-refractivity contribution in [2.45, 2.75) is 182 Å². The number of hydrogen-bond donors (Lipinski definition) is 0. The number of hydrogen-bond acceptors (Lipinski definition) is 8. The fourth-order valence-corrected chi connectivity index (χ4v) is 7.20. The summed E-state index contributed by atoms with van der Waals surface area (Å²) in [4.78, 5) is 26.1. The van der Waals surface area contributed by atoms with Gasteiger partial charge in [0.25, 0.3) is 0 Å². The first kappa shape index (κ1) is 49.0. The van der Waals surface area contributed by atoms with Crippen molar-refractivity contribution >= 4 is 33.5 Å². The van der Waals surface area contributed by atoms with Crippen LogP contribution in [0.25, 0.3) is 21.5 Å². The predicted molar refractivity (Wildman–Crippen MR) is 238 cm³/mol. The molecule has 0 aromatic heterocycles. The molecular formula is C50H78O8. The molecule has 0 saturated carbocycles. The SMILES string of the molecule is CCCCCCCC(=O)OC(COCCCCCC)COc1c2ccc(C)cc2c(OCC(COCCCCCC)OC(=O)CCCCCCC)c2ccc(C)cc12. The number of carbonyl (C=O) groups excluding carboxylic acids is 2. The van der Waals surface area contributed by atoms with Crippen LogP contribution < -0.4 is 9.47 Å². The summed E-state index contributed by atoms with van der Waals surface area (Å²) in [5.41, 5.74) is 2.16. The lowest BCUT2D eigenvalue weighted by Gasteiger charge is -2.23. The van der Waals surface area contributed by atoms with Gasteiger partial charge in [-0.3, -0.25) is 9.59 Å². The van der Waals surface area contributed by atoms with E-state index >= 15 is 0 Å². The van der Waals surface area contributed by atoms with E-state index in [4.69, 9.17) is 28.4 Å². The van der Waals surface area contributed by atoms with Gasteiger partial charge < -0.3 is 28.4 Å². The summed E-state index contributed by atoms with van der Waals surface area (Å²) in [6, 6.07) is 12.5. The van der Waals surface area contributed by atoms with Crippen molar-refractivity contribution in [1.29, 1.82) is 0 Å². The summed E-state index contributed by atoms with van der Waals surface area (Å²) in [7, 11) is 0. The Balaban J connectivity index is 1.87. The van der Waals surface area contributed by atoms with E-state index in [0.717, 1.165) is 110 Å². The maximum absolute atomic E-state index is 13.0. The van der Waals surface area contributed by atoms with Crippen molar-refractivity contribution < 1.29 is 38.0 Å². The van der Waals surface area contributed by atoms with Crippen LogP contribution in [-0.4, -0.2) is 63.8 Å². The van der Waals surface area contributed by atoms with Gasteiger partial charge >= 0.3 is 11.9 Å². The largest absolute Gasteiger partial charge is 0.488 e. The molecule has 326 valence electrons. The van der Waals surface area contributed by atoms with Crippen molar-refractivity contribution in [1.82, 2.24) is 0 Å². The van der Waals surface area contributed by atoms with E-state index in [1.54, 1.807) is 0 Å². The van der Waals surface area contributed by atoms with Gasteiger partial charge in [-0.1, -0.05) is 153 Å². The van der Waals surface area contributed by atoms with Gasteiger partial charge in [0.1, 0.15) is 24.7 Å². The Bertz CT molecular complexity index is 1470. The summed E-state index contributed by atoms with van der Waals surface area (Å²) in [6.45, 7) is 15.0. The Labute approximate surface area is 351 Å². The van der Waals surface area contributed by atoms with Gasteiger partial charge in [0.2, 0.25) is 0 Å². The molecule has 0 aliphatic rings. The Hall–Kier alpha value is -3.36. The molecule has 0 amide bonds. The van der Waals surface area contributed by atoms with Crippen LogP contribution in [-0.2, 0) is 28.5 Å². The standard InChI is InChI=1S/C50H78O8/c1-7-11-15-19-21-25-47(51)57-41(35-53-31-23-17-13-9-3)37-55-49-43-29-27-40(6)34-46(43)50(44-30-28-39(5)33-45(44)49)56-38-42(36-54-32-24-18-14-10-4)58-48(52)26-22-20-16-12-8-2/h27-30,33-34,41-42H,7-26,31-32,35-38H2,1-6H3. The average Bonchev–Trinajstić information content (AvgIpc) is 3.21. The zero-order valence-corrected chi connectivity index (χ0v) is 37.3. The minimum atomic E-state index is -0.547. The molecule has 3 rings (SSSR count). The third-order valence-corrected chi connectivity index (χ3v) is 10.6. The zero-order valence-electron chi connectivity index (χ0n) is 37.3. The van der Waals surface area contributed by atoms with Crippen LogP contribution in [0.3, 0.4) is 0 Å². The second-order valence-corrected chi connectivity index (χ2v) is 16.2. The number of benzene rings is 3. The highest BCUT2D eigenvalue weighted by molar-refractivity contribution is 6.11. The lowest BCUT2D eigenvalue weighted by Crippen LogP contribution is -2.30. The van der Waals surface area contributed by atoms with Crippen LogP contribution >= 0.6 is 0 Å². The van der Waals surface area contributed by atoms with Crippen LogP contribution in [0.15, 0.2) is 36.4 Å². The highest BCUT2D eigenvalue weighted by Crippen LogP contribution is 2.44. The van der Waals surface area contributed by atoms with Gasteiger partial charge in [0, 0.05) is 47.6 Å². The second kappa shape index (κ2) is 29.8. The molecule has 0 N–H and O–H groups in total. The molecule has 3 aromatic rings. The van der Waals surface area contributed by atoms with E-state index in [2.05, 4.69) is 77.9 Å². The Morgan fingerprint density at radius 3 is 1.19 bits per heavy atom. The van der Waals surface area contributed by atoms with E-state index in [9.17, 15) is 9.59 Å². The van der Waals surface area contributed by atoms with E-state index in [-0.39, 0.29) is 38.4 Å². The molecule has 3 aromatic carbocycles. The normalized spacial score (nSPS) is 12.5. The van der Waals surface area contributed by atoms with E-state index in [1.165, 1.54) is 38.5 Å². The molecule has 0 bridgehead atoms. The first-order chi connectivity index (χ1) is 28.3. The van der Waals surface area contributed by atoms with E-state index in [0.29, 0.717) is 37.6 Å². The van der Waals surface area contributed by atoms with Gasteiger partial charge in [-0.25, -0.2) is 0 Å². The Morgan fingerprint density at radius 2 is 0.810 bits per heavy atom. The fraction of sp³-hybridized carbons (Fsp3) is 0.680. The van der Waals surface area contributed by atoms with Crippen molar-refractivity contribution in [3.8, 4) is 11.5 Å². The quantitative estimate of drug-likeness (QED) is 0.0335. The highest BCUT2D eigenvalue weighted by Gasteiger charge is 2.23. The van der Waals surface area contributed by atoms with Crippen LogP contribution in [0.4, 0.5) is 0 Å². The van der Waals surface area contributed by atoms with Crippen molar-refractivity contribution in [3.63, 3.8) is 0 Å². The number of aryl methyl sites for hydroxylation is 2. The fourth-order valence-electron chi connectivity index (χ4n) is 7.20. The summed E-state index contributed by atoms with van der Waals surface area (Å²) in [5.74, 6) is 1.01. The molecule has 0 spiro atoms. The highest BCUT2D eigenvalue weighted by atomic mass is 16.6. The first-order valence-electron chi connectivity index (χ1n) is 23.1. The summed E-state index contributed by atoms with van der Waals surface area (Å²) in [5, 5.41) is 3.60. The number of carbonyl (C=O) groups is 2. The smallest absolute Gasteiger partial charge is 0.306 e. The maximum Gasteiger partial charge on any atom is 0.306 e.